The molecule has 200 valence electrons. The number of anilines is 1. The summed E-state index contributed by atoms with van der Waals surface area (Å²) in [6.45, 7) is 3.49. The van der Waals surface area contributed by atoms with Gasteiger partial charge in [-0.2, -0.15) is 0 Å². The standard InChI is InChI=1S/C32H33ClN4O2/c33-27-11-8-25(9-12-27)26-10-13-29(30(34)21-26)32(38)36-18-14-23-4-6-24(7-5-23)22-37-19-15-28(16-20-37)39-31-3-1-2-17-35-31/h1-13,17,21,28H,14-16,18-20,22,34H2,(H,36,38). The van der Waals surface area contributed by atoms with Crippen molar-refractivity contribution in [1.29, 1.82) is 0 Å². The highest BCUT2D eigenvalue weighted by molar-refractivity contribution is 6.30. The minimum Gasteiger partial charge on any atom is -0.474 e. The van der Waals surface area contributed by atoms with Crippen molar-refractivity contribution in [3.05, 3.63) is 113 Å². The van der Waals surface area contributed by atoms with E-state index in [1.165, 1.54) is 11.1 Å². The molecule has 7 heteroatoms. The number of rotatable bonds is 9. The molecule has 1 aromatic heterocycles. The van der Waals surface area contributed by atoms with Crippen molar-refractivity contribution < 1.29 is 9.53 Å². The van der Waals surface area contributed by atoms with Gasteiger partial charge in [0.2, 0.25) is 5.88 Å². The lowest BCUT2D eigenvalue weighted by Crippen LogP contribution is -2.37. The number of amides is 1. The van der Waals surface area contributed by atoms with Gasteiger partial charge in [0.05, 0.1) is 5.56 Å². The first-order valence-corrected chi connectivity index (χ1v) is 13.7. The summed E-state index contributed by atoms with van der Waals surface area (Å²) in [5.41, 5.74) is 11.6. The Balaban J connectivity index is 1.05. The van der Waals surface area contributed by atoms with Gasteiger partial charge in [-0.15, -0.1) is 0 Å². The number of benzene rings is 3. The van der Waals surface area contributed by atoms with Crippen LogP contribution in [0.5, 0.6) is 5.88 Å². The fraction of sp³-hybridized carbons (Fsp3) is 0.250. The fourth-order valence-electron chi connectivity index (χ4n) is 4.85. The molecule has 0 radical (unpaired) electrons. The van der Waals surface area contributed by atoms with Crippen molar-refractivity contribution in [3.63, 3.8) is 0 Å². The van der Waals surface area contributed by atoms with Gasteiger partial charge >= 0.3 is 0 Å². The van der Waals surface area contributed by atoms with Crippen LogP contribution in [0.15, 0.2) is 91.1 Å². The third-order valence-electron chi connectivity index (χ3n) is 7.06. The first kappa shape index (κ1) is 26.7. The molecule has 6 nitrogen and oxygen atoms in total. The average Bonchev–Trinajstić information content (AvgIpc) is 2.96. The number of ether oxygens (including phenoxy) is 1. The lowest BCUT2D eigenvalue weighted by molar-refractivity contribution is 0.0932. The highest BCUT2D eigenvalue weighted by atomic mass is 35.5. The number of nitrogens with one attached hydrogen (secondary N) is 1. The number of hydrogen-bond acceptors (Lipinski definition) is 5. The molecule has 1 saturated heterocycles. The highest BCUT2D eigenvalue weighted by Crippen LogP contribution is 2.25. The number of nitrogens with two attached hydrogens (primary N) is 1. The van der Waals surface area contributed by atoms with Crippen molar-refractivity contribution in [2.75, 3.05) is 25.4 Å². The van der Waals surface area contributed by atoms with Crippen LogP contribution < -0.4 is 15.8 Å². The first-order chi connectivity index (χ1) is 19.0. The predicted molar refractivity (Wildman–Crippen MR) is 157 cm³/mol. The van der Waals surface area contributed by atoms with E-state index < -0.39 is 0 Å². The maximum Gasteiger partial charge on any atom is 0.253 e. The van der Waals surface area contributed by atoms with E-state index in [9.17, 15) is 4.79 Å². The monoisotopic (exact) mass is 540 g/mol. The Hall–Kier alpha value is -3.87. The molecule has 0 unspecified atom stereocenters. The van der Waals surface area contributed by atoms with Gasteiger partial charge in [0, 0.05) is 49.2 Å². The molecule has 1 aliphatic rings. The zero-order chi connectivity index (χ0) is 27.0. The minimum atomic E-state index is -0.165. The molecule has 2 heterocycles. The Bertz CT molecular complexity index is 1370. The van der Waals surface area contributed by atoms with Gasteiger partial charge in [0.1, 0.15) is 6.10 Å². The second-order valence-electron chi connectivity index (χ2n) is 9.89. The van der Waals surface area contributed by atoms with Crippen LogP contribution in [0.3, 0.4) is 0 Å². The third-order valence-corrected chi connectivity index (χ3v) is 7.31. The van der Waals surface area contributed by atoms with E-state index in [4.69, 9.17) is 22.1 Å². The van der Waals surface area contributed by atoms with Gasteiger partial charge in [-0.05, 0) is 71.8 Å². The smallest absolute Gasteiger partial charge is 0.253 e. The van der Waals surface area contributed by atoms with Crippen LogP contribution in [0.2, 0.25) is 5.02 Å². The predicted octanol–water partition coefficient (Wildman–Crippen LogP) is 6.00. The number of halogens is 1. The summed E-state index contributed by atoms with van der Waals surface area (Å²) in [6.07, 6.45) is 4.75. The zero-order valence-electron chi connectivity index (χ0n) is 21.9. The molecule has 39 heavy (non-hydrogen) atoms. The topological polar surface area (TPSA) is 80.5 Å². The number of nitrogen functional groups attached to an aromatic ring is 1. The van der Waals surface area contributed by atoms with Gasteiger partial charge in [-0.25, -0.2) is 4.98 Å². The summed E-state index contributed by atoms with van der Waals surface area (Å²) < 4.78 is 6.01. The minimum absolute atomic E-state index is 0.165. The Morgan fingerprint density at radius 2 is 1.67 bits per heavy atom. The fourth-order valence-corrected chi connectivity index (χ4v) is 4.98. The molecule has 1 amide bonds. The number of piperidine rings is 1. The highest BCUT2D eigenvalue weighted by Gasteiger charge is 2.21. The van der Waals surface area contributed by atoms with Crippen molar-refractivity contribution in [2.24, 2.45) is 0 Å². The molecule has 5 rings (SSSR count). The summed E-state index contributed by atoms with van der Waals surface area (Å²) in [5.74, 6) is 0.542. The van der Waals surface area contributed by atoms with E-state index in [0.29, 0.717) is 28.7 Å². The number of carbonyl (C=O) groups is 1. The molecule has 3 aromatic carbocycles. The van der Waals surface area contributed by atoms with Gasteiger partial charge in [-0.3, -0.25) is 9.69 Å². The molecule has 0 saturated carbocycles. The zero-order valence-corrected chi connectivity index (χ0v) is 22.6. The summed E-state index contributed by atoms with van der Waals surface area (Å²) in [4.78, 5) is 19.5. The van der Waals surface area contributed by atoms with Crippen LogP contribution >= 0.6 is 11.6 Å². The Labute approximate surface area is 234 Å². The lowest BCUT2D eigenvalue weighted by Gasteiger charge is -2.31. The van der Waals surface area contributed by atoms with Crippen LogP contribution in [-0.2, 0) is 13.0 Å². The van der Waals surface area contributed by atoms with E-state index >= 15 is 0 Å². The number of aromatic nitrogens is 1. The van der Waals surface area contributed by atoms with Crippen LogP contribution in [0.25, 0.3) is 11.1 Å². The molecule has 0 bridgehead atoms. The number of pyridine rings is 1. The van der Waals surface area contributed by atoms with Crippen LogP contribution in [-0.4, -0.2) is 41.5 Å². The Kier molecular flexibility index (Phi) is 8.76. The van der Waals surface area contributed by atoms with Gasteiger partial charge < -0.3 is 15.8 Å². The van der Waals surface area contributed by atoms with Crippen molar-refractivity contribution >= 4 is 23.2 Å². The largest absolute Gasteiger partial charge is 0.474 e. The maximum absolute atomic E-state index is 12.7. The first-order valence-electron chi connectivity index (χ1n) is 13.3. The van der Waals surface area contributed by atoms with Crippen LogP contribution in [0.4, 0.5) is 5.69 Å². The number of carbonyl (C=O) groups excluding carboxylic acids is 1. The molecule has 3 N–H and O–H groups in total. The molecule has 0 spiro atoms. The number of likely N-dealkylation sites (tertiary alicyclic amines) is 1. The van der Waals surface area contributed by atoms with E-state index in [-0.39, 0.29) is 12.0 Å². The molecule has 0 atom stereocenters. The lowest BCUT2D eigenvalue weighted by atomic mass is 10.0. The van der Waals surface area contributed by atoms with E-state index in [1.807, 2.05) is 54.6 Å². The summed E-state index contributed by atoms with van der Waals surface area (Å²) in [5, 5.41) is 3.68. The Morgan fingerprint density at radius 3 is 2.36 bits per heavy atom. The number of nitrogens with zero attached hydrogens (tertiary/aromatic N) is 2. The van der Waals surface area contributed by atoms with Crippen molar-refractivity contribution in [3.8, 4) is 17.0 Å². The molecule has 1 fully saturated rings. The van der Waals surface area contributed by atoms with Crippen LogP contribution in [0, 0.1) is 0 Å². The second kappa shape index (κ2) is 12.8. The normalized spacial score (nSPS) is 14.2. The van der Waals surface area contributed by atoms with Crippen molar-refractivity contribution in [1.82, 2.24) is 15.2 Å². The third kappa shape index (κ3) is 7.37. The average molecular weight is 541 g/mol. The Morgan fingerprint density at radius 1 is 0.949 bits per heavy atom. The van der Waals surface area contributed by atoms with Gasteiger partial charge in [0.25, 0.3) is 5.91 Å². The maximum atomic E-state index is 12.7. The van der Waals surface area contributed by atoms with Gasteiger partial charge in [0.15, 0.2) is 0 Å². The molecular formula is C32H33ClN4O2. The molecule has 4 aromatic rings. The molecular weight excluding hydrogens is 508 g/mol. The van der Waals surface area contributed by atoms with E-state index in [0.717, 1.165) is 50.0 Å². The molecule has 1 aliphatic heterocycles. The summed E-state index contributed by atoms with van der Waals surface area (Å²) >= 11 is 5.98. The summed E-state index contributed by atoms with van der Waals surface area (Å²) in [7, 11) is 0. The van der Waals surface area contributed by atoms with E-state index in [2.05, 4.69) is 39.5 Å². The summed E-state index contributed by atoms with van der Waals surface area (Å²) in [6, 6.07) is 27.5. The van der Waals surface area contributed by atoms with E-state index in [1.54, 1.807) is 12.3 Å². The van der Waals surface area contributed by atoms with Crippen LogP contribution in [0.1, 0.15) is 34.3 Å². The SMILES string of the molecule is Nc1cc(-c2ccc(Cl)cc2)ccc1C(=O)NCCc1ccc(CN2CCC(Oc3ccccn3)CC2)cc1. The molecule has 0 aliphatic carbocycles. The van der Waals surface area contributed by atoms with Crippen molar-refractivity contribution in [2.45, 2.75) is 31.9 Å². The number of hydrogen-bond donors (Lipinski definition) is 2. The van der Waals surface area contributed by atoms with Gasteiger partial charge in [-0.1, -0.05) is 60.1 Å². The second-order valence-corrected chi connectivity index (χ2v) is 10.3. The quantitative estimate of drug-likeness (QED) is 0.254.